The number of nitrogens with zero attached hydrogens (tertiary/aromatic N) is 1. The largest absolute Gasteiger partial charge is 0.478 e. The minimum Gasteiger partial charge on any atom is -0.478 e. The average Bonchev–Trinajstić information content (AvgIpc) is 2.41. The van der Waals surface area contributed by atoms with Crippen molar-refractivity contribution >= 4 is 11.7 Å². The molecule has 5 heteroatoms. The molecule has 104 valence electrons. The predicted molar refractivity (Wildman–Crippen MR) is 75.7 cm³/mol. The Kier molecular flexibility index (Phi) is 3.61. The molecule has 2 rings (SSSR count). The van der Waals surface area contributed by atoms with Crippen molar-refractivity contribution in [1.82, 2.24) is 4.98 Å². The van der Waals surface area contributed by atoms with Crippen molar-refractivity contribution in [1.29, 1.82) is 0 Å². The van der Waals surface area contributed by atoms with Gasteiger partial charge in [0.25, 0.3) is 0 Å². The fourth-order valence-corrected chi connectivity index (χ4v) is 1.86. The number of pyridine rings is 1. The van der Waals surface area contributed by atoms with Gasteiger partial charge in [-0.25, -0.2) is 4.79 Å². The van der Waals surface area contributed by atoms with E-state index < -0.39 is 11.6 Å². The van der Waals surface area contributed by atoms with Gasteiger partial charge in [0.1, 0.15) is 11.2 Å². The lowest BCUT2D eigenvalue weighted by atomic mass is 10.0. The Morgan fingerprint density at radius 3 is 2.60 bits per heavy atom. The molecule has 0 fully saturated rings. The van der Waals surface area contributed by atoms with E-state index in [0.29, 0.717) is 5.69 Å². The van der Waals surface area contributed by atoms with Crippen LogP contribution in [0.4, 0.5) is 5.69 Å². The summed E-state index contributed by atoms with van der Waals surface area (Å²) in [5.41, 5.74) is 6.06. The first-order valence-corrected chi connectivity index (χ1v) is 6.14. The number of carboxylic acid groups (broad SMARTS) is 1. The number of rotatable bonds is 4. The molecule has 2 aromatic rings. The maximum atomic E-state index is 11.2. The van der Waals surface area contributed by atoms with Crippen molar-refractivity contribution in [3.8, 4) is 5.75 Å². The highest BCUT2D eigenvalue weighted by Gasteiger charge is 2.27. The second kappa shape index (κ2) is 5.21. The van der Waals surface area contributed by atoms with Crippen molar-refractivity contribution in [3.05, 3.63) is 53.9 Å². The van der Waals surface area contributed by atoms with Crippen molar-refractivity contribution < 1.29 is 14.6 Å². The van der Waals surface area contributed by atoms with Crippen molar-refractivity contribution in [3.63, 3.8) is 0 Å². The quantitative estimate of drug-likeness (QED) is 0.836. The minimum atomic E-state index is -1.08. The Morgan fingerprint density at radius 2 is 2.00 bits per heavy atom. The second-order valence-corrected chi connectivity index (χ2v) is 4.86. The molecule has 0 spiro atoms. The van der Waals surface area contributed by atoms with Crippen LogP contribution in [0.2, 0.25) is 0 Å². The number of hydrogen-bond acceptors (Lipinski definition) is 4. The SMILES string of the molecule is CC(C)(Oc1c(N)cccc1C(=O)O)c1ccccn1. The number of aromatic nitrogens is 1. The molecule has 3 N–H and O–H groups in total. The molecule has 1 heterocycles. The van der Waals surface area contributed by atoms with Gasteiger partial charge in [-0.2, -0.15) is 0 Å². The molecule has 5 nitrogen and oxygen atoms in total. The summed E-state index contributed by atoms with van der Waals surface area (Å²) in [7, 11) is 0. The third-order valence-corrected chi connectivity index (χ3v) is 2.91. The van der Waals surface area contributed by atoms with Crippen LogP contribution < -0.4 is 10.5 Å². The predicted octanol–water partition coefficient (Wildman–Crippen LogP) is 2.68. The van der Waals surface area contributed by atoms with Crippen LogP contribution in [0.25, 0.3) is 0 Å². The molecule has 1 aromatic carbocycles. The zero-order valence-corrected chi connectivity index (χ0v) is 11.3. The summed E-state index contributed by atoms with van der Waals surface area (Å²) in [5.74, 6) is -0.917. The van der Waals surface area contributed by atoms with Gasteiger partial charge in [-0.1, -0.05) is 12.1 Å². The second-order valence-electron chi connectivity index (χ2n) is 4.86. The third kappa shape index (κ3) is 2.71. The number of aromatic carboxylic acids is 1. The van der Waals surface area contributed by atoms with Gasteiger partial charge < -0.3 is 15.6 Å². The van der Waals surface area contributed by atoms with Gasteiger partial charge in [0.05, 0.1) is 11.4 Å². The van der Waals surface area contributed by atoms with Crippen molar-refractivity contribution in [2.45, 2.75) is 19.4 Å². The van der Waals surface area contributed by atoms with E-state index >= 15 is 0 Å². The molecule has 0 unspecified atom stereocenters. The molecule has 0 saturated carbocycles. The normalized spacial score (nSPS) is 11.1. The van der Waals surface area contributed by atoms with Gasteiger partial charge in [0.15, 0.2) is 5.75 Å². The van der Waals surface area contributed by atoms with Gasteiger partial charge in [0.2, 0.25) is 0 Å². The first-order valence-electron chi connectivity index (χ1n) is 6.14. The zero-order valence-electron chi connectivity index (χ0n) is 11.3. The summed E-state index contributed by atoms with van der Waals surface area (Å²) in [6.07, 6.45) is 1.66. The maximum absolute atomic E-state index is 11.2. The fraction of sp³-hybridized carbons (Fsp3) is 0.200. The number of nitrogens with two attached hydrogens (primary N) is 1. The molecule has 0 atom stereocenters. The van der Waals surface area contributed by atoms with E-state index in [0.717, 1.165) is 0 Å². The fourth-order valence-electron chi connectivity index (χ4n) is 1.86. The highest BCUT2D eigenvalue weighted by atomic mass is 16.5. The molecule has 1 aromatic heterocycles. The van der Waals surface area contributed by atoms with E-state index in [1.54, 1.807) is 24.4 Å². The molecule has 0 aliphatic rings. The summed E-state index contributed by atoms with van der Waals surface area (Å²) >= 11 is 0. The highest BCUT2D eigenvalue weighted by Crippen LogP contribution is 2.33. The Hall–Kier alpha value is -2.56. The van der Waals surface area contributed by atoms with Crippen LogP contribution in [0.3, 0.4) is 0 Å². The third-order valence-electron chi connectivity index (χ3n) is 2.91. The molecule has 0 aliphatic carbocycles. The van der Waals surface area contributed by atoms with Gasteiger partial charge in [0, 0.05) is 6.20 Å². The van der Waals surface area contributed by atoms with Crippen LogP contribution in [0.5, 0.6) is 5.75 Å². The lowest BCUT2D eigenvalue weighted by Gasteiger charge is -2.27. The van der Waals surface area contributed by atoms with Gasteiger partial charge in [-0.05, 0) is 38.1 Å². The number of carbonyl (C=O) groups is 1. The summed E-state index contributed by atoms with van der Waals surface area (Å²) in [4.78, 5) is 15.5. The summed E-state index contributed by atoms with van der Waals surface area (Å²) in [6, 6.07) is 10.1. The lowest BCUT2D eigenvalue weighted by molar-refractivity contribution is 0.0670. The van der Waals surface area contributed by atoms with Crippen LogP contribution in [0.1, 0.15) is 29.9 Å². The van der Waals surface area contributed by atoms with Crippen LogP contribution in [0, 0.1) is 0 Å². The Balaban J connectivity index is 2.42. The van der Waals surface area contributed by atoms with Crippen LogP contribution in [0.15, 0.2) is 42.6 Å². The number of nitrogen functional groups attached to an aromatic ring is 1. The molecule has 20 heavy (non-hydrogen) atoms. The molecule has 0 aliphatic heterocycles. The van der Waals surface area contributed by atoms with E-state index in [1.165, 1.54) is 6.07 Å². The lowest BCUT2D eigenvalue weighted by Crippen LogP contribution is -2.27. The topological polar surface area (TPSA) is 85.4 Å². The summed E-state index contributed by atoms with van der Waals surface area (Å²) in [5, 5.41) is 9.21. The monoisotopic (exact) mass is 272 g/mol. The Bertz CT molecular complexity index is 624. The highest BCUT2D eigenvalue weighted by molar-refractivity contribution is 5.93. The molecule has 0 amide bonds. The number of ether oxygens (including phenoxy) is 1. The van der Waals surface area contributed by atoms with E-state index in [-0.39, 0.29) is 17.0 Å². The molecular formula is C15H16N2O3. The molecule has 0 saturated heterocycles. The molecular weight excluding hydrogens is 256 g/mol. The van der Waals surface area contributed by atoms with Crippen LogP contribution in [-0.2, 0) is 5.60 Å². The van der Waals surface area contributed by atoms with E-state index in [9.17, 15) is 9.90 Å². The number of anilines is 1. The number of benzene rings is 1. The zero-order chi connectivity index (χ0) is 14.8. The van der Waals surface area contributed by atoms with Crippen LogP contribution >= 0.6 is 0 Å². The van der Waals surface area contributed by atoms with Gasteiger partial charge in [-0.3, -0.25) is 4.98 Å². The molecule has 0 radical (unpaired) electrons. The smallest absolute Gasteiger partial charge is 0.339 e. The number of para-hydroxylation sites is 1. The molecule has 0 bridgehead atoms. The first-order chi connectivity index (χ1) is 9.42. The standard InChI is InChI=1S/C15H16N2O3/c1-15(2,12-8-3-4-9-17-12)20-13-10(14(18)19)6-5-7-11(13)16/h3-9H,16H2,1-2H3,(H,18,19). The van der Waals surface area contributed by atoms with Crippen LogP contribution in [-0.4, -0.2) is 16.1 Å². The maximum Gasteiger partial charge on any atom is 0.339 e. The van der Waals surface area contributed by atoms with Crippen molar-refractivity contribution in [2.24, 2.45) is 0 Å². The van der Waals surface area contributed by atoms with E-state index in [4.69, 9.17) is 10.5 Å². The van der Waals surface area contributed by atoms with Gasteiger partial charge in [-0.15, -0.1) is 0 Å². The summed E-state index contributed by atoms with van der Waals surface area (Å²) in [6.45, 7) is 3.63. The van der Waals surface area contributed by atoms with E-state index in [2.05, 4.69) is 4.98 Å². The van der Waals surface area contributed by atoms with E-state index in [1.807, 2.05) is 26.0 Å². The Morgan fingerprint density at radius 1 is 1.25 bits per heavy atom. The number of carboxylic acids is 1. The summed E-state index contributed by atoms with van der Waals surface area (Å²) < 4.78 is 5.84. The van der Waals surface area contributed by atoms with Gasteiger partial charge >= 0.3 is 5.97 Å². The Labute approximate surface area is 117 Å². The number of hydrogen-bond donors (Lipinski definition) is 2. The first kappa shape index (κ1) is 13.9. The average molecular weight is 272 g/mol. The van der Waals surface area contributed by atoms with Crippen molar-refractivity contribution in [2.75, 3.05) is 5.73 Å². The minimum absolute atomic E-state index is 0.0361.